The molecule has 2 fully saturated rings. The second kappa shape index (κ2) is 7.06. The fraction of sp³-hybridized carbons (Fsp3) is 0.318. The molecular formula is C22H22FNO3. The molecular weight excluding hydrogens is 345 g/mol. The number of fused-ring (bicyclic) bond motifs is 2. The van der Waals surface area contributed by atoms with Crippen LogP contribution in [0.3, 0.4) is 0 Å². The van der Waals surface area contributed by atoms with Crippen LogP contribution < -0.4 is 4.74 Å². The summed E-state index contributed by atoms with van der Waals surface area (Å²) < 4.78 is 24.3. The molecule has 0 spiro atoms. The highest BCUT2D eigenvalue weighted by atomic mass is 19.1. The quantitative estimate of drug-likeness (QED) is 0.757. The Morgan fingerprint density at radius 2 is 2.04 bits per heavy atom. The fourth-order valence-electron chi connectivity index (χ4n) is 3.96. The Morgan fingerprint density at radius 1 is 1.22 bits per heavy atom. The van der Waals surface area contributed by atoms with Crippen LogP contribution in [0.4, 0.5) is 4.39 Å². The monoisotopic (exact) mass is 367 g/mol. The second-order valence-electron chi connectivity index (χ2n) is 7.19. The Bertz CT molecular complexity index is 877. The summed E-state index contributed by atoms with van der Waals surface area (Å²) in [4.78, 5) is 14.8. The molecule has 4 nitrogen and oxygen atoms in total. The van der Waals surface area contributed by atoms with Crippen molar-refractivity contribution in [2.45, 2.75) is 24.9 Å². The number of esters is 1. The Kier molecular flexibility index (Phi) is 4.60. The molecule has 2 aromatic carbocycles. The van der Waals surface area contributed by atoms with Crippen LogP contribution >= 0.6 is 0 Å². The molecule has 2 aliphatic heterocycles. The van der Waals surface area contributed by atoms with Crippen molar-refractivity contribution in [3.8, 4) is 5.75 Å². The van der Waals surface area contributed by atoms with Gasteiger partial charge in [-0.3, -0.25) is 0 Å². The number of hydrogen-bond acceptors (Lipinski definition) is 4. The Hall–Kier alpha value is -2.82. The average Bonchev–Trinajstić information content (AvgIpc) is 2.91. The lowest BCUT2D eigenvalue weighted by molar-refractivity contribution is -0.0270. The van der Waals surface area contributed by atoms with E-state index in [4.69, 9.17) is 9.47 Å². The summed E-state index contributed by atoms with van der Waals surface area (Å²) in [6.45, 7) is 1.67. The van der Waals surface area contributed by atoms with Crippen LogP contribution in [0.5, 0.6) is 5.75 Å². The molecule has 140 valence electrons. The van der Waals surface area contributed by atoms with Crippen molar-refractivity contribution in [3.63, 3.8) is 0 Å². The van der Waals surface area contributed by atoms with Crippen molar-refractivity contribution in [1.29, 1.82) is 0 Å². The number of piperidine rings is 1. The van der Waals surface area contributed by atoms with Gasteiger partial charge in [-0.05, 0) is 60.9 Å². The Labute approximate surface area is 158 Å². The molecule has 2 aromatic rings. The van der Waals surface area contributed by atoms with E-state index in [1.165, 1.54) is 30.0 Å². The largest absolute Gasteiger partial charge is 0.497 e. The summed E-state index contributed by atoms with van der Waals surface area (Å²) in [5.74, 6) is 0.0650. The molecule has 0 radical (unpaired) electrons. The number of methoxy groups -OCH3 is 1. The maximum Gasteiger partial charge on any atom is 0.338 e. The van der Waals surface area contributed by atoms with Crippen LogP contribution in [-0.2, 0) is 4.74 Å². The van der Waals surface area contributed by atoms with E-state index in [0.717, 1.165) is 30.7 Å². The first kappa shape index (κ1) is 17.6. The van der Waals surface area contributed by atoms with E-state index >= 15 is 0 Å². The zero-order chi connectivity index (χ0) is 18.9. The molecule has 2 heterocycles. The zero-order valence-corrected chi connectivity index (χ0v) is 15.3. The van der Waals surface area contributed by atoms with E-state index in [-0.39, 0.29) is 11.8 Å². The van der Waals surface area contributed by atoms with Gasteiger partial charge < -0.3 is 14.4 Å². The molecule has 27 heavy (non-hydrogen) atoms. The summed E-state index contributed by atoms with van der Waals surface area (Å²) in [6.07, 6.45) is 4.65. The lowest BCUT2D eigenvalue weighted by atomic mass is 9.94. The van der Waals surface area contributed by atoms with Gasteiger partial charge >= 0.3 is 5.97 Å². The van der Waals surface area contributed by atoms with E-state index in [2.05, 4.69) is 11.0 Å². The number of benzene rings is 2. The second-order valence-corrected chi connectivity index (χ2v) is 7.19. The van der Waals surface area contributed by atoms with Crippen molar-refractivity contribution in [3.05, 3.63) is 71.2 Å². The lowest BCUT2D eigenvalue weighted by Crippen LogP contribution is -2.42. The van der Waals surface area contributed by atoms with Gasteiger partial charge in [0.1, 0.15) is 17.2 Å². The minimum absolute atomic E-state index is 0.363. The molecule has 4 rings (SSSR count). The van der Waals surface area contributed by atoms with Gasteiger partial charge in [-0.25, -0.2) is 9.18 Å². The Morgan fingerprint density at radius 3 is 2.81 bits per heavy atom. The number of ether oxygens (including phenoxy) is 2. The molecule has 2 bridgehead atoms. The first-order valence-electron chi connectivity index (χ1n) is 9.15. The molecule has 2 saturated heterocycles. The highest BCUT2D eigenvalue weighted by Gasteiger charge is 2.46. The van der Waals surface area contributed by atoms with Crippen molar-refractivity contribution < 1.29 is 18.7 Å². The average molecular weight is 367 g/mol. The predicted octanol–water partition coefficient (Wildman–Crippen LogP) is 4.27. The van der Waals surface area contributed by atoms with Crippen LogP contribution in [0.25, 0.3) is 6.08 Å². The number of halogens is 1. The SMILES string of the molecule is COc1cccc(/C=C2\CC3(OC(=O)c4ccc(F)cc4)CCCN2C3)c1. The van der Waals surface area contributed by atoms with Crippen molar-refractivity contribution in [2.24, 2.45) is 0 Å². The predicted molar refractivity (Wildman–Crippen MR) is 101 cm³/mol. The van der Waals surface area contributed by atoms with E-state index in [1.807, 2.05) is 24.3 Å². The van der Waals surface area contributed by atoms with E-state index in [9.17, 15) is 9.18 Å². The first-order chi connectivity index (χ1) is 13.1. The third kappa shape index (κ3) is 3.68. The molecule has 2 aliphatic rings. The number of nitrogens with zero attached hydrogens (tertiary/aromatic N) is 1. The maximum absolute atomic E-state index is 13.1. The third-order valence-electron chi connectivity index (χ3n) is 5.27. The molecule has 1 unspecified atom stereocenters. The van der Waals surface area contributed by atoms with E-state index in [0.29, 0.717) is 18.5 Å². The summed E-state index contributed by atoms with van der Waals surface area (Å²) >= 11 is 0. The summed E-state index contributed by atoms with van der Waals surface area (Å²) in [5, 5.41) is 0. The van der Waals surface area contributed by atoms with Crippen molar-refractivity contribution in [1.82, 2.24) is 4.90 Å². The van der Waals surface area contributed by atoms with Gasteiger partial charge in [-0.2, -0.15) is 0 Å². The number of carbonyl (C=O) groups is 1. The molecule has 0 N–H and O–H groups in total. The van der Waals surface area contributed by atoms with Gasteiger partial charge in [-0.15, -0.1) is 0 Å². The van der Waals surface area contributed by atoms with Gasteiger partial charge in [0.15, 0.2) is 0 Å². The van der Waals surface area contributed by atoms with Gasteiger partial charge in [-0.1, -0.05) is 12.1 Å². The molecule has 0 aliphatic carbocycles. The summed E-state index contributed by atoms with van der Waals surface area (Å²) in [7, 11) is 1.65. The molecule has 0 saturated carbocycles. The van der Waals surface area contributed by atoms with Gasteiger partial charge in [0, 0.05) is 18.7 Å². The molecule has 1 atom stereocenters. The standard InChI is InChI=1S/C22H22FNO3/c1-26-20-5-2-4-16(13-20)12-19-14-22(10-3-11-24(19)15-22)27-21(25)17-6-8-18(23)9-7-17/h2,4-9,12-13H,3,10-11,14-15H2,1H3/b19-12+. The van der Waals surface area contributed by atoms with Gasteiger partial charge in [0.05, 0.1) is 19.2 Å². The van der Waals surface area contributed by atoms with Crippen LogP contribution in [-0.4, -0.2) is 36.7 Å². The van der Waals surface area contributed by atoms with Crippen LogP contribution in [0, 0.1) is 5.82 Å². The zero-order valence-electron chi connectivity index (χ0n) is 15.3. The molecule has 5 heteroatoms. The van der Waals surface area contributed by atoms with Crippen LogP contribution in [0.2, 0.25) is 0 Å². The van der Waals surface area contributed by atoms with Crippen LogP contribution in [0.1, 0.15) is 35.2 Å². The molecule has 0 amide bonds. The van der Waals surface area contributed by atoms with Gasteiger partial charge in [0.2, 0.25) is 0 Å². The third-order valence-corrected chi connectivity index (χ3v) is 5.27. The lowest BCUT2D eigenvalue weighted by Gasteiger charge is -2.33. The smallest absolute Gasteiger partial charge is 0.338 e. The summed E-state index contributed by atoms with van der Waals surface area (Å²) in [5.41, 5.74) is 2.12. The normalized spacial score (nSPS) is 22.7. The fourth-order valence-corrected chi connectivity index (χ4v) is 3.96. The van der Waals surface area contributed by atoms with Crippen LogP contribution in [0.15, 0.2) is 54.2 Å². The molecule has 0 aromatic heterocycles. The van der Waals surface area contributed by atoms with Crippen molar-refractivity contribution >= 4 is 12.0 Å². The number of carbonyl (C=O) groups excluding carboxylic acids is 1. The highest BCUT2D eigenvalue weighted by molar-refractivity contribution is 5.89. The first-order valence-corrected chi connectivity index (χ1v) is 9.15. The van der Waals surface area contributed by atoms with Gasteiger partial charge in [0.25, 0.3) is 0 Å². The maximum atomic E-state index is 13.1. The minimum Gasteiger partial charge on any atom is -0.497 e. The summed E-state index contributed by atoms with van der Waals surface area (Å²) in [6, 6.07) is 13.4. The van der Waals surface area contributed by atoms with E-state index < -0.39 is 5.60 Å². The van der Waals surface area contributed by atoms with Crippen molar-refractivity contribution in [2.75, 3.05) is 20.2 Å². The number of hydrogen-bond donors (Lipinski definition) is 0. The highest BCUT2D eigenvalue weighted by Crippen LogP contribution is 2.42. The van der Waals surface area contributed by atoms with E-state index in [1.54, 1.807) is 7.11 Å². The topological polar surface area (TPSA) is 38.8 Å². The number of rotatable bonds is 4. The Balaban J connectivity index is 1.54. The minimum atomic E-state index is -0.506.